The first-order valence-electron chi connectivity index (χ1n) is 5.85. The summed E-state index contributed by atoms with van der Waals surface area (Å²) in [7, 11) is 0. The largest absolute Gasteiger partial charge is 0.507 e. The van der Waals surface area contributed by atoms with Crippen molar-refractivity contribution in [3.63, 3.8) is 0 Å². The molecule has 20 heavy (non-hydrogen) atoms. The monoisotopic (exact) mass is 268 g/mol. The highest BCUT2D eigenvalue weighted by atomic mass is 16.4. The van der Waals surface area contributed by atoms with Crippen LogP contribution in [0.5, 0.6) is 5.75 Å². The normalized spacial score (nSPS) is 11.2. The first-order valence-corrected chi connectivity index (χ1v) is 5.85. The highest BCUT2D eigenvalue weighted by Crippen LogP contribution is 2.12. The van der Waals surface area contributed by atoms with Crippen LogP contribution in [0.1, 0.15) is 21.5 Å². The number of aromatic hydroxyl groups is 1. The zero-order valence-electron chi connectivity index (χ0n) is 10.5. The second-order valence-corrected chi connectivity index (χ2v) is 3.94. The van der Waals surface area contributed by atoms with Gasteiger partial charge in [-0.25, -0.2) is 4.79 Å². The summed E-state index contributed by atoms with van der Waals surface area (Å²) in [6, 6.07) is 13.2. The molecule has 2 N–H and O–H groups in total. The highest BCUT2D eigenvalue weighted by molar-refractivity contribution is 5.98. The Hall–Kier alpha value is -2.95. The quantitative estimate of drug-likeness (QED) is 0.660. The van der Waals surface area contributed by atoms with Crippen molar-refractivity contribution in [1.82, 2.24) is 0 Å². The Labute approximate surface area is 115 Å². The predicted octanol–water partition coefficient (Wildman–Crippen LogP) is 2.54. The third-order valence-electron chi connectivity index (χ3n) is 2.59. The molecule has 0 aromatic heterocycles. The number of carbonyl (C=O) groups is 1. The first kappa shape index (κ1) is 13.5. The summed E-state index contributed by atoms with van der Waals surface area (Å²) in [5.74, 6) is -0.908. The molecule has 0 atom stereocenters. The smallest absolute Gasteiger partial charge is 0.336 e. The molecule has 0 heterocycles. The van der Waals surface area contributed by atoms with Crippen LogP contribution in [0, 0.1) is 0 Å². The maximum atomic E-state index is 11.0. The van der Waals surface area contributed by atoms with Gasteiger partial charge < -0.3 is 10.2 Å². The van der Waals surface area contributed by atoms with Crippen molar-refractivity contribution in [1.29, 1.82) is 0 Å². The molecule has 5 heteroatoms. The molecule has 5 nitrogen and oxygen atoms in total. The fraction of sp³-hybridized carbons (Fsp3) is 0. The second-order valence-electron chi connectivity index (χ2n) is 3.94. The van der Waals surface area contributed by atoms with Crippen molar-refractivity contribution in [3.8, 4) is 5.75 Å². The Bertz CT molecular complexity index is 678. The molecule has 0 radical (unpaired) electrons. The van der Waals surface area contributed by atoms with Gasteiger partial charge in [0.25, 0.3) is 0 Å². The van der Waals surface area contributed by atoms with Crippen molar-refractivity contribution >= 4 is 18.4 Å². The van der Waals surface area contributed by atoms with Crippen LogP contribution in [0.2, 0.25) is 0 Å². The minimum atomic E-state index is -1.02. The van der Waals surface area contributed by atoms with Gasteiger partial charge in [-0.2, -0.15) is 10.2 Å². The summed E-state index contributed by atoms with van der Waals surface area (Å²) in [6.07, 6.45) is 2.76. The standard InChI is InChI=1S/C15H12N2O3/c18-14-8-4-2-6-12(14)10-17-16-9-11-5-1-3-7-13(11)15(19)20/h1-10,18H,(H,19,20)/b16-9-,17-10+. The Morgan fingerprint density at radius 3 is 2.10 bits per heavy atom. The van der Waals surface area contributed by atoms with Crippen molar-refractivity contribution in [2.45, 2.75) is 0 Å². The van der Waals surface area contributed by atoms with Gasteiger partial charge in [0.05, 0.1) is 18.0 Å². The molecule has 0 unspecified atom stereocenters. The average molecular weight is 268 g/mol. The molecule has 0 saturated heterocycles. The van der Waals surface area contributed by atoms with E-state index in [9.17, 15) is 9.90 Å². The van der Waals surface area contributed by atoms with E-state index in [4.69, 9.17) is 5.11 Å². The summed E-state index contributed by atoms with van der Waals surface area (Å²) in [5.41, 5.74) is 1.17. The van der Waals surface area contributed by atoms with Gasteiger partial charge in [-0.3, -0.25) is 0 Å². The van der Waals surface area contributed by atoms with Crippen LogP contribution < -0.4 is 0 Å². The van der Waals surface area contributed by atoms with Gasteiger partial charge in [0.2, 0.25) is 0 Å². The molecule has 2 aromatic rings. The second kappa shape index (κ2) is 6.29. The van der Waals surface area contributed by atoms with E-state index in [2.05, 4.69) is 10.2 Å². The van der Waals surface area contributed by atoms with E-state index in [0.717, 1.165) is 0 Å². The number of phenolic OH excluding ortho intramolecular Hbond substituents is 1. The number of carboxylic acids is 1. The van der Waals surface area contributed by atoms with E-state index in [-0.39, 0.29) is 11.3 Å². The van der Waals surface area contributed by atoms with Crippen LogP contribution in [0.4, 0.5) is 0 Å². The molecule has 0 aliphatic rings. The van der Waals surface area contributed by atoms with Crippen molar-refractivity contribution < 1.29 is 15.0 Å². The summed E-state index contributed by atoms with van der Waals surface area (Å²) >= 11 is 0. The lowest BCUT2D eigenvalue weighted by molar-refractivity contribution is 0.0697. The van der Waals surface area contributed by atoms with Gasteiger partial charge >= 0.3 is 5.97 Å². The molecule has 0 saturated carbocycles. The summed E-state index contributed by atoms with van der Waals surface area (Å²) in [5, 5.41) is 26.1. The molecule has 0 bridgehead atoms. The molecular weight excluding hydrogens is 256 g/mol. The molecule has 2 aromatic carbocycles. The Morgan fingerprint density at radius 2 is 1.45 bits per heavy atom. The Morgan fingerprint density at radius 1 is 0.900 bits per heavy atom. The topological polar surface area (TPSA) is 82.2 Å². The van der Waals surface area contributed by atoms with Gasteiger partial charge in [-0.15, -0.1) is 0 Å². The molecular formula is C15H12N2O3. The van der Waals surface area contributed by atoms with Crippen LogP contribution in [0.15, 0.2) is 58.7 Å². The maximum Gasteiger partial charge on any atom is 0.336 e. The molecule has 0 amide bonds. The van der Waals surface area contributed by atoms with Crippen LogP contribution in [-0.4, -0.2) is 28.6 Å². The number of phenols is 1. The SMILES string of the molecule is O=C(O)c1ccccc1/C=N\N=C\c1ccccc1O. The third kappa shape index (κ3) is 3.29. The zero-order chi connectivity index (χ0) is 14.4. The number of para-hydroxylation sites is 1. The molecule has 2 rings (SSSR count). The fourth-order valence-electron chi connectivity index (χ4n) is 1.59. The average Bonchev–Trinajstić information content (AvgIpc) is 2.45. The van der Waals surface area contributed by atoms with Crippen molar-refractivity contribution in [3.05, 3.63) is 65.2 Å². The minimum Gasteiger partial charge on any atom is -0.507 e. The van der Waals surface area contributed by atoms with Gasteiger partial charge in [0.15, 0.2) is 0 Å². The van der Waals surface area contributed by atoms with Gasteiger partial charge in [-0.1, -0.05) is 30.3 Å². The number of hydrogen-bond acceptors (Lipinski definition) is 4. The van der Waals surface area contributed by atoms with Crippen LogP contribution in [-0.2, 0) is 0 Å². The maximum absolute atomic E-state index is 11.0. The predicted molar refractivity (Wildman–Crippen MR) is 76.7 cm³/mol. The first-order chi connectivity index (χ1) is 9.68. The number of benzene rings is 2. The van der Waals surface area contributed by atoms with E-state index >= 15 is 0 Å². The molecule has 100 valence electrons. The minimum absolute atomic E-state index is 0.109. The van der Waals surface area contributed by atoms with E-state index in [0.29, 0.717) is 11.1 Å². The van der Waals surface area contributed by atoms with Crippen molar-refractivity contribution in [2.75, 3.05) is 0 Å². The van der Waals surface area contributed by atoms with Gasteiger partial charge in [0, 0.05) is 11.1 Å². The lowest BCUT2D eigenvalue weighted by Crippen LogP contribution is -2.00. The molecule has 0 fully saturated rings. The highest BCUT2D eigenvalue weighted by Gasteiger charge is 2.06. The lowest BCUT2D eigenvalue weighted by Gasteiger charge is -1.98. The summed E-state index contributed by atoms with van der Waals surface area (Å²) in [4.78, 5) is 11.0. The third-order valence-corrected chi connectivity index (χ3v) is 2.59. The zero-order valence-corrected chi connectivity index (χ0v) is 10.5. The lowest BCUT2D eigenvalue weighted by atomic mass is 10.1. The summed E-state index contributed by atoms with van der Waals surface area (Å²) in [6.45, 7) is 0. The van der Waals surface area contributed by atoms with Crippen LogP contribution >= 0.6 is 0 Å². The van der Waals surface area contributed by atoms with Crippen molar-refractivity contribution in [2.24, 2.45) is 10.2 Å². The Kier molecular flexibility index (Phi) is 4.24. The van der Waals surface area contributed by atoms with Crippen LogP contribution in [0.25, 0.3) is 0 Å². The molecule has 0 aliphatic carbocycles. The van der Waals surface area contributed by atoms with Crippen LogP contribution in [0.3, 0.4) is 0 Å². The Balaban J connectivity index is 2.15. The van der Waals surface area contributed by atoms with E-state index < -0.39 is 5.97 Å². The molecule has 0 spiro atoms. The van der Waals surface area contributed by atoms with Gasteiger partial charge in [0.1, 0.15) is 5.75 Å². The van der Waals surface area contributed by atoms with Gasteiger partial charge in [-0.05, 0) is 18.2 Å². The molecule has 0 aliphatic heterocycles. The summed E-state index contributed by atoms with van der Waals surface area (Å²) < 4.78 is 0. The number of carboxylic acid groups (broad SMARTS) is 1. The number of hydrogen-bond donors (Lipinski definition) is 2. The number of aromatic carboxylic acids is 1. The number of rotatable bonds is 4. The van der Waals surface area contributed by atoms with E-state index in [1.807, 2.05) is 0 Å². The fourth-order valence-corrected chi connectivity index (χ4v) is 1.59. The van der Waals surface area contributed by atoms with E-state index in [1.165, 1.54) is 18.5 Å². The number of nitrogens with zero attached hydrogens (tertiary/aromatic N) is 2. The van der Waals surface area contributed by atoms with E-state index in [1.54, 1.807) is 42.5 Å².